The van der Waals surface area contributed by atoms with E-state index in [9.17, 15) is 14.0 Å². The molecule has 0 saturated carbocycles. The summed E-state index contributed by atoms with van der Waals surface area (Å²) in [4.78, 5) is 32.2. The lowest BCUT2D eigenvalue weighted by atomic mass is 10.1. The van der Waals surface area contributed by atoms with Crippen LogP contribution < -0.4 is 14.8 Å². The number of urea groups is 1. The van der Waals surface area contributed by atoms with Crippen LogP contribution in [0.5, 0.6) is 11.5 Å². The number of nitrogens with zero attached hydrogens (tertiary/aromatic N) is 2. The van der Waals surface area contributed by atoms with Crippen molar-refractivity contribution in [2.24, 2.45) is 0 Å². The van der Waals surface area contributed by atoms with Gasteiger partial charge in [0.1, 0.15) is 12.4 Å². The molecule has 0 unspecified atom stereocenters. The van der Waals surface area contributed by atoms with Crippen LogP contribution >= 0.6 is 11.3 Å². The summed E-state index contributed by atoms with van der Waals surface area (Å²) in [5, 5.41) is 2.72. The number of carbonyl (C=O) groups excluding carboxylic acids is 2. The molecule has 0 aliphatic carbocycles. The molecule has 1 aromatic heterocycles. The number of carbonyl (C=O) groups is 2. The topological polar surface area (TPSA) is 71.1 Å². The number of rotatable bonds is 13. The Morgan fingerprint density at radius 1 is 0.974 bits per heavy atom. The van der Waals surface area contributed by atoms with Gasteiger partial charge in [-0.05, 0) is 67.8 Å². The fourth-order valence-corrected chi connectivity index (χ4v) is 4.89. The van der Waals surface area contributed by atoms with E-state index in [4.69, 9.17) is 9.47 Å². The molecule has 1 heterocycles. The van der Waals surface area contributed by atoms with Crippen LogP contribution in [-0.4, -0.2) is 55.6 Å². The fraction of sp³-hybridized carbons (Fsp3) is 0.379. The third-order valence-corrected chi connectivity index (χ3v) is 7.07. The zero-order valence-corrected chi connectivity index (χ0v) is 23.3. The monoisotopic (exact) mass is 541 g/mol. The van der Waals surface area contributed by atoms with Gasteiger partial charge in [-0.15, -0.1) is 11.3 Å². The minimum atomic E-state index is -0.438. The molecule has 3 amide bonds. The van der Waals surface area contributed by atoms with Gasteiger partial charge >= 0.3 is 6.03 Å². The second-order valence-corrected chi connectivity index (χ2v) is 10.4. The molecule has 0 aliphatic heterocycles. The van der Waals surface area contributed by atoms with Gasteiger partial charge < -0.3 is 24.6 Å². The Hall–Kier alpha value is -3.59. The summed E-state index contributed by atoms with van der Waals surface area (Å²) < 4.78 is 24.4. The van der Waals surface area contributed by atoms with Crippen LogP contribution in [0.2, 0.25) is 0 Å². The Morgan fingerprint density at radius 3 is 2.42 bits per heavy atom. The quantitative estimate of drug-likeness (QED) is 0.283. The zero-order valence-electron chi connectivity index (χ0n) is 22.5. The highest BCUT2D eigenvalue weighted by molar-refractivity contribution is 7.11. The van der Waals surface area contributed by atoms with Crippen LogP contribution in [0, 0.1) is 12.7 Å². The number of hydrogen-bond donors (Lipinski definition) is 1. The number of aryl methyl sites for hydroxylation is 1. The van der Waals surface area contributed by atoms with E-state index in [1.54, 1.807) is 36.5 Å². The van der Waals surface area contributed by atoms with Crippen LogP contribution in [0.3, 0.4) is 0 Å². The van der Waals surface area contributed by atoms with Crippen molar-refractivity contribution in [2.75, 3.05) is 39.2 Å². The molecule has 0 atom stereocenters. The Morgan fingerprint density at radius 2 is 1.76 bits per heavy atom. The molecule has 9 heteroatoms. The Bertz CT molecular complexity index is 1220. The first-order valence-corrected chi connectivity index (χ1v) is 13.5. The maximum atomic E-state index is 13.6. The van der Waals surface area contributed by atoms with Crippen LogP contribution in [0.4, 0.5) is 14.9 Å². The number of anilines is 1. The predicted molar refractivity (Wildman–Crippen MR) is 150 cm³/mol. The molecule has 2 aromatic carbocycles. The molecule has 0 aliphatic rings. The number of amides is 3. The highest BCUT2D eigenvalue weighted by atomic mass is 32.1. The van der Waals surface area contributed by atoms with E-state index in [1.807, 2.05) is 44.2 Å². The molecular formula is C29H36FN3O4S. The Labute approximate surface area is 228 Å². The lowest BCUT2D eigenvalue weighted by molar-refractivity contribution is -0.132. The van der Waals surface area contributed by atoms with Gasteiger partial charge in [0.25, 0.3) is 0 Å². The molecule has 7 nitrogen and oxygen atoms in total. The van der Waals surface area contributed by atoms with E-state index in [2.05, 4.69) is 5.32 Å². The largest absolute Gasteiger partial charge is 0.493 e. The predicted octanol–water partition coefficient (Wildman–Crippen LogP) is 6.12. The van der Waals surface area contributed by atoms with E-state index >= 15 is 0 Å². The molecule has 3 aromatic rings. The minimum Gasteiger partial charge on any atom is -0.493 e. The summed E-state index contributed by atoms with van der Waals surface area (Å²) in [7, 11) is 3.19. The summed E-state index contributed by atoms with van der Waals surface area (Å²) in [5.74, 6) is 0.694. The first-order chi connectivity index (χ1) is 18.3. The lowest BCUT2D eigenvalue weighted by Crippen LogP contribution is -2.45. The normalized spacial score (nSPS) is 10.7. The van der Waals surface area contributed by atoms with Crippen molar-refractivity contribution in [3.63, 3.8) is 0 Å². The summed E-state index contributed by atoms with van der Waals surface area (Å²) in [6.45, 7) is 5.34. The molecule has 0 fully saturated rings. The SMILES string of the molecule is CCCCN(CC(=O)N(CCc1ccc(OC)c(OC)c1)Cc1ccc(C)s1)C(=O)Nc1cccc(F)c1. The smallest absolute Gasteiger partial charge is 0.322 e. The van der Waals surface area contributed by atoms with Gasteiger partial charge in [-0.25, -0.2) is 9.18 Å². The first-order valence-electron chi connectivity index (χ1n) is 12.7. The second-order valence-electron chi connectivity index (χ2n) is 8.98. The molecule has 0 spiro atoms. The molecule has 0 saturated heterocycles. The summed E-state index contributed by atoms with van der Waals surface area (Å²) in [6.07, 6.45) is 2.23. The molecule has 3 rings (SSSR count). The highest BCUT2D eigenvalue weighted by Gasteiger charge is 2.22. The summed E-state index contributed by atoms with van der Waals surface area (Å²) in [6, 6.07) is 15.1. The van der Waals surface area contributed by atoms with Crippen LogP contribution in [-0.2, 0) is 17.8 Å². The van der Waals surface area contributed by atoms with E-state index in [1.165, 1.54) is 28.0 Å². The maximum Gasteiger partial charge on any atom is 0.322 e. The Balaban J connectivity index is 1.75. The average molecular weight is 542 g/mol. The van der Waals surface area contributed by atoms with Gasteiger partial charge in [0.2, 0.25) is 5.91 Å². The van der Waals surface area contributed by atoms with Gasteiger partial charge in [0, 0.05) is 28.5 Å². The molecular weight excluding hydrogens is 505 g/mol. The summed E-state index contributed by atoms with van der Waals surface area (Å²) >= 11 is 1.65. The number of nitrogens with one attached hydrogen (secondary N) is 1. The maximum absolute atomic E-state index is 13.6. The zero-order chi connectivity index (χ0) is 27.5. The first kappa shape index (κ1) is 29.0. The number of ether oxygens (including phenoxy) is 2. The van der Waals surface area contributed by atoms with Crippen LogP contribution in [0.1, 0.15) is 35.1 Å². The number of unbranched alkanes of at least 4 members (excludes halogenated alkanes) is 1. The van der Waals surface area contributed by atoms with Crippen molar-refractivity contribution in [1.82, 2.24) is 9.80 Å². The van der Waals surface area contributed by atoms with Crippen molar-refractivity contribution in [2.45, 2.75) is 39.7 Å². The minimum absolute atomic E-state index is 0.0720. The number of benzene rings is 2. The third-order valence-electron chi connectivity index (χ3n) is 6.08. The van der Waals surface area contributed by atoms with E-state index in [0.29, 0.717) is 43.2 Å². The average Bonchev–Trinajstić information content (AvgIpc) is 3.32. The van der Waals surface area contributed by atoms with Gasteiger partial charge in [0.15, 0.2) is 11.5 Å². The molecule has 38 heavy (non-hydrogen) atoms. The van der Waals surface area contributed by atoms with Gasteiger partial charge in [-0.3, -0.25) is 4.79 Å². The van der Waals surface area contributed by atoms with Crippen molar-refractivity contribution < 1.29 is 23.5 Å². The van der Waals surface area contributed by atoms with Crippen molar-refractivity contribution >= 4 is 29.0 Å². The van der Waals surface area contributed by atoms with E-state index in [0.717, 1.165) is 23.3 Å². The molecule has 1 N–H and O–H groups in total. The van der Waals surface area contributed by atoms with Crippen molar-refractivity contribution in [1.29, 1.82) is 0 Å². The fourth-order valence-electron chi connectivity index (χ4n) is 3.98. The number of thiophene rings is 1. The number of halogens is 1. The van der Waals surface area contributed by atoms with Crippen LogP contribution in [0.25, 0.3) is 0 Å². The molecule has 0 radical (unpaired) electrons. The highest BCUT2D eigenvalue weighted by Crippen LogP contribution is 2.28. The van der Waals surface area contributed by atoms with Gasteiger partial charge in [-0.1, -0.05) is 25.5 Å². The summed E-state index contributed by atoms with van der Waals surface area (Å²) in [5.41, 5.74) is 1.36. The van der Waals surface area contributed by atoms with Gasteiger partial charge in [-0.2, -0.15) is 0 Å². The number of hydrogen-bond acceptors (Lipinski definition) is 5. The third kappa shape index (κ3) is 8.48. The van der Waals surface area contributed by atoms with E-state index < -0.39 is 11.8 Å². The van der Waals surface area contributed by atoms with Crippen LogP contribution in [0.15, 0.2) is 54.6 Å². The van der Waals surface area contributed by atoms with Crippen molar-refractivity contribution in [3.05, 3.63) is 75.7 Å². The molecule has 0 bridgehead atoms. The molecule has 204 valence electrons. The Kier molecular flexibility index (Phi) is 11.0. The standard InChI is InChI=1S/C29H36FN3O4S/c1-5-6-15-33(29(35)31-24-9-7-8-23(30)18-24)20-28(34)32(19-25-12-10-21(2)38-25)16-14-22-11-13-26(36-3)27(17-22)37-4/h7-13,17-18H,5-6,14-16,19-20H2,1-4H3,(H,31,35). The number of methoxy groups -OCH3 is 2. The second kappa shape index (κ2) is 14.4. The lowest BCUT2D eigenvalue weighted by Gasteiger charge is -2.28. The van der Waals surface area contributed by atoms with Gasteiger partial charge in [0.05, 0.1) is 20.8 Å². The van der Waals surface area contributed by atoms with Crippen molar-refractivity contribution in [3.8, 4) is 11.5 Å². The van der Waals surface area contributed by atoms with E-state index in [-0.39, 0.29) is 12.5 Å².